The Hall–Kier alpha value is -2.40. The Morgan fingerprint density at radius 3 is 2.74 bits per heavy atom. The standard InChI is InChI=1S/C22H23NO4/c24-20(23-11-17-12-27-8-7-22(17,13-23)21(25)26)19-10-18(19)16-6-5-14-3-1-2-4-15(14)9-16/h1-6,9,17-19H,7-8,10-13H2,(H,25,26)/t17-,18?,19?,22+/m0/s1. The Labute approximate surface area is 157 Å². The fourth-order valence-electron chi connectivity index (χ4n) is 4.98. The molecule has 2 heterocycles. The monoisotopic (exact) mass is 365 g/mol. The molecule has 2 aliphatic heterocycles. The van der Waals surface area contributed by atoms with E-state index in [1.807, 2.05) is 12.1 Å². The minimum atomic E-state index is -0.818. The maximum atomic E-state index is 13.1. The quantitative estimate of drug-likeness (QED) is 0.908. The van der Waals surface area contributed by atoms with Crippen LogP contribution < -0.4 is 0 Å². The van der Waals surface area contributed by atoms with Crippen molar-refractivity contribution in [3.05, 3.63) is 48.0 Å². The van der Waals surface area contributed by atoms with E-state index in [9.17, 15) is 14.7 Å². The summed E-state index contributed by atoms with van der Waals surface area (Å²) in [5.41, 5.74) is 0.390. The maximum absolute atomic E-state index is 13.1. The average Bonchev–Trinajstić information content (AvgIpc) is 3.38. The molecule has 4 atom stereocenters. The number of fused-ring (bicyclic) bond motifs is 2. The number of hydrogen-bond donors (Lipinski definition) is 1. The fourth-order valence-corrected chi connectivity index (χ4v) is 4.98. The van der Waals surface area contributed by atoms with E-state index in [4.69, 9.17) is 4.74 Å². The molecule has 5 heteroatoms. The Morgan fingerprint density at radius 1 is 1.15 bits per heavy atom. The van der Waals surface area contributed by atoms with Crippen molar-refractivity contribution in [1.82, 2.24) is 4.90 Å². The van der Waals surface area contributed by atoms with Crippen LogP contribution in [0.3, 0.4) is 0 Å². The van der Waals surface area contributed by atoms with Gasteiger partial charge in [0.05, 0.1) is 12.0 Å². The smallest absolute Gasteiger partial charge is 0.311 e. The van der Waals surface area contributed by atoms with Gasteiger partial charge in [-0.05, 0) is 35.1 Å². The van der Waals surface area contributed by atoms with Gasteiger partial charge in [-0.15, -0.1) is 0 Å². The second-order valence-corrected chi connectivity index (χ2v) is 8.26. The lowest BCUT2D eigenvalue weighted by molar-refractivity contribution is -0.157. The van der Waals surface area contributed by atoms with E-state index < -0.39 is 11.4 Å². The van der Waals surface area contributed by atoms with E-state index in [-0.39, 0.29) is 23.7 Å². The number of nitrogens with zero attached hydrogens (tertiary/aromatic N) is 1. The normalized spacial score (nSPS) is 32.3. The van der Waals surface area contributed by atoms with E-state index in [1.54, 1.807) is 4.90 Å². The van der Waals surface area contributed by atoms with Crippen LogP contribution in [-0.4, -0.2) is 48.2 Å². The van der Waals surface area contributed by atoms with Gasteiger partial charge in [0, 0.05) is 31.5 Å². The Balaban J connectivity index is 1.33. The zero-order valence-electron chi connectivity index (χ0n) is 15.1. The third kappa shape index (κ3) is 2.64. The first-order chi connectivity index (χ1) is 13.1. The predicted octanol–water partition coefficient (Wildman–Crippen LogP) is 2.89. The summed E-state index contributed by atoms with van der Waals surface area (Å²) in [6.45, 7) is 1.74. The highest BCUT2D eigenvalue weighted by Gasteiger charge is 2.57. The number of hydrogen-bond acceptors (Lipinski definition) is 3. The highest BCUT2D eigenvalue weighted by Crippen LogP contribution is 2.51. The van der Waals surface area contributed by atoms with Crippen LogP contribution in [0.25, 0.3) is 10.8 Å². The number of rotatable bonds is 3. The first-order valence-electron chi connectivity index (χ1n) is 9.67. The third-order valence-corrected chi connectivity index (χ3v) is 6.75. The van der Waals surface area contributed by atoms with Crippen LogP contribution in [0, 0.1) is 17.3 Å². The molecule has 0 radical (unpaired) electrons. The molecule has 1 amide bonds. The van der Waals surface area contributed by atoms with Crippen molar-refractivity contribution in [2.24, 2.45) is 17.3 Å². The Kier molecular flexibility index (Phi) is 3.76. The molecule has 2 saturated heterocycles. The van der Waals surface area contributed by atoms with Crippen LogP contribution in [-0.2, 0) is 14.3 Å². The third-order valence-electron chi connectivity index (χ3n) is 6.75. The van der Waals surface area contributed by atoms with Crippen molar-refractivity contribution in [2.45, 2.75) is 18.8 Å². The molecular weight excluding hydrogens is 342 g/mol. The number of likely N-dealkylation sites (tertiary alicyclic amines) is 1. The minimum absolute atomic E-state index is 0.0157. The number of aliphatic carboxylic acids is 1. The molecule has 140 valence electrons. The zero-order chi connectivity index (χ0) is 18.6. The molecule has 1 N–H and O–H groups in total. The van der Waals surface area contributed by atoms with E-state index in [2.05, 4.69) is 30.3 Å². The minimum Gasteiger partial charge on any atom is -0.481 e. The molecule has 1 aliphatic carbocycles. The van der Waals surface area contributed by atoms with Gasteiger partial charge < -0.3 is 14.7 Å². The molecule has 1 saturated carbocycles. The molecule has 2 aromatic carbocycles. The molecule has 2 aromatic rings. The number of amides is 1. The predicted molar refractivity (Wildman–Crippen MR) is 100 cm³/mol. The van der Waals surface area contributed by atoms with Crippen molar-refractivity contribution in [1.29, 1.82) is 0 Å². The summed E-state index contributed by atoms with van der Waals surface area (Å²) >= 11 is 0. The molecule has 2 unspecified atom stereocenters. The lowest BCUT2D eigenvalue weighted by atomic mass is 9.74. The molecule has 0 bridgehead atoms. The van der Waals surface area contributed by atoms with E-state index in [0.29, 0.717) is 32.7 Å². The number of carboxylic acids is 1. The molecule has 0 spiro atoms. The molecule has 5 nitrogen and oxygen atoms in total. The molecule has 3 aliphatic rings. The van der Waals surface area contributed by atoms with Gasteiger partial charge in [0.1, 0.15) is 0 Å². The van der Waals surface area contributed by atoms with E-state index in [1.165, 1.54) is 16.3 Å². The van der Waals surface area contributed by atoms with Crippen LogP contribution in [0.4, 0.5) is 0 Å². The molecule has 27 heavy (non-hydrogen) atoms. The summed E-state index contributed by atoms with van der Waals surface area (Å²) in [6.07, 6.45) is 1.35. The Bertz CT molecular complexity index is 925. The summed E-state index contributed by atoms with van der Waals surface area (Å²) in [7, 11) is 0. The number of carbonyl (C=O) groups is 2. The number of carboxylic acid groups (broad SMARTS) is 1. The van der Waals surface area contributed by atoms with Crippen molar-refractivity contribution < 1.29 is 19.4 Å². The zero-order valence-corrected chi connectivity index (χ0v) is 15.1. The maximum Gasteiger partial charge on any atom is 0.311 e. The van der Waals surface area contributed by atoms with Crippen LogP contribution in [0.1, 0.15) is 24.3 Å². The van der Waals surface area contributed by atoms with Crippen LogP contribution in [0.2, 0.25) is 0 Å². The van der Waals surface area contributed by atoms with Gasteiger partial charge in [0.15, 0.2) is 0 Å². The van der Waals surface area contributed by atoms with Gasteiger partial charge in [-0.1, -0.05) is 42.5 Å². The number of ether oxygens (including phenoxy) is 1. The second-order valence-electron chi connectivity index (χ2n) is 8.26. The van der Waals surface area contributed by atoms with E-state index >= 15 is 0 Å². The second kappa shape index (κ2) is 6.06. The first kappa shape index (κ1) is 16.8. The topological polar surface area (TPSA) is 66.8 Å². The van der Waals surface area contributed by atoms with Crippen LogP contribution in [0.15, 0.2) is 42.5 Å². The molecular formula is C22H23NO4. The van der Waals surface area contributed by atoms with Crippen molar-refractivity contribution in [3.63, 3.8) is 0 Å². The van der Waals surface area contributed by atoms with Crippen LogP contribution >= 0.6 is 0 Å². The summed E-state index contributed by atoms with van der Waals surface area (Å²) < 4.78 is 5.49. The van der Waals surface area contributed by atoms with Gasteiger partial charge in [-0.25, -0.2) is 0 Å². The molecule has 5 rings (SSSR count). The lowest BCUT2D eigenvalue weighted by Gasteiger charge is -2.33. The van der Waals surface area contributed by atoms with Crippen LogP contribution in [0.5, 0.6) is 0 Å². The fraction of sp³-hybridized carbons (Fsp3) is 0.455. The average molecular weight is 365 g/mol. The largest absolute Gasteiger partial charge is 0.481 e. The van der Waals surface area contributed by atoms with Crippen molar-refractivity contribution >= 4 is 22.6 Å². The highest BCUT2D eigenvalue weighted by atomic mass is 16.5. The summed E-state index contributed by atoms with van der Waals surface area (Å²) in [6, 6.07) is 14.7. The van der Waals surface area contributed by atoms with Gasteiger partial charge in [-0.3, -0.25) is 9.59 Å². The van der Waals surface area contributed by atoms with Crippen molar-refractivity contribution in [3.8, 4) is 0 Å². The number of carbonyl (C=O) groups excluding carboxylic acids is 1. The van der Waals surface area contributed by atoms with Crippen molar-refractivity contribution in [2.75, 3.05) is 26.3 Å². The first-order valence-corrected chi connectivity index (χ1v) is 9.67. The number of benzene rings is 2. The Morgan fingerprint density at radius 2 is 1.96 bits per heavy atom. The summed E-state index contributed by atoms with van der Waals surface area (Å²) in [5, 5.41) is 12.2. The SMILES string of the molecule is O=C(C1CC1c1ccc2ccccc2c1)N1C[C@H]2COCC[C@@]2(C(=O)O)C1. The highest BCUT2D eigenvalue weighted by molar-refractivity contribution is 5.87. The van der Waals surface area contributed by atoms with Gasteiger partial charge >= 0.3 is 5.97 Å². The summed E-state index contributed by atoms with van der Waals surface area (Å²) in [4.78, 5) is 26.8. The summed E-state index contributed by atoms with van der Waals surface area (Å²) in [5.74, 6) is -0.526. The molecule has 3 fully saturated rings. The molecule has 0 aromatic heterocycles. The van der Waals surface area contributed by atoms with Gasteiger partial charge in [-0.2, -0.15) is 0 Å². The van der Waals surface area contributed by atoms with Gasteiger partial charge in [0.2, 0.25) is 5.91 Å². The van der Waals surface area contributed by atoms with Gasteiger partial charge in [0.25, 0.3) is 0 Å². The van der Waals surface area contributed by atoms with E-state index in [0.717, 1.165) is 6.42 Å². The lowest BCUT2D eigenvalue weighted by Crippen LogP contribution is -2.45.